The molecule has 6 nitrogen and oxygen atoms in total. The number of carbonyl (C=O) groups excluding carboxylic acids is 1. The molecule has 3 aromatic rings. The molecule has 0 spiro atoms. The average molecular weight is 434 g/mol. The molecule has 0 fully saturated rings. The number of hydrogen-bond donors (Lipinski definition) is 2. The third-order valence-electron chi connectivity index (χ3n) is 5.94. The molecule has 0 saturated carbocycles. The molecule has 0 aromatic heterocycles. The van der Waals surface area contributed by atoms with E-state index >= 15 is 0 Å². The van der Waals surface area contributed by atoms with Crippen LogP contribution in [0.1, 0.15) is 22.6 Å². The fraction of sp³-hybridized carbons (Fsp3) is 0.269. The lowest BCUT2D eigenvalue weighted by atomic mass is 9.93. The number of alkyl carbamates (subject to hydrolysis) is 1. The van der Waals surface area contributed by atoms with Crippen molar-refractivity contribution in [3.05, 3.63) is 95.6 Å². The Labute approximate surface area is 187 Å². The standard InChI is InChI=1S/C26H27NO5/c1-30-24(31-2)26(29,18-10-4-3-5-11-18)17-27-25(28)32-16-23-21-14-8-6-12-19(21)20-13-7-9-15-22(20)23/h3-15,23-24,29H,16-17H2,1-2H3,(H,27,28)/t26-/m1/s1. The van der Waals surface area contributed by atoms with Crippen LogP contribution in [0.2, 0.25) is 0 Å². The molecule has 2 N–H and O–H groups in total. The monoisotopic (exact) mass is 433 g/mol. The van der Waals surface area contributed by atoms with Gasteiger partial charge in [0, 0.05) is 20.1 Å². The van der Waals surface area contributed by atoms with Crippen LogP contribution < -0.4 is 5.32 Å². The SMILES string of the molecule is COC(OC)[C@@](O)(CNC(=O)OCC1c2ccccc2-c2ccccc21)c1ccccc1. The normalized spacial score (nSPS) is 14.5. The molecule has 32 heavy (non-hydrogen) atoms. The van der Waals surface area contributed by atoms with Gasteiger partial charge in [-0.05, 0) is 27.8 Å². The predicted molar refractivity (Wildman–Crippen MR) is 121 cm³/mol. The Balaban J connectivity index is 1.45. The molecular formula is C26H27NO5. The summed E-state index contributed by atoms with van der Waals surface area (Å²) in [6.45, 7) is 0.0572. The van der Waals surface area contributed by atoms with Gasteiger partial charge in [-0.1, -0.05) is 78.9 Å². The lowest BCUT2D eigenvalue weighted by Crippen LogP contribution is -2.50. The summed E-state index contributed by atoms with van der Waals surface area (Å²) in [4.78, 5) is 12.6. The molecule has 0 unspecified atom stereocenters. The molecule has 0 radical (unpaired) electrons. The Morgan fingerprint density at radius 3 is 2.00 bits per heavy atom. The van der Waals surface area contributed by atoms with E-state index in [2.05, 4.69) is 29.6 Å². The van der Waals surface area contributed by atoms with Gasteiger partial charge < -0.3 is 24.6 Å². The molecule has 1 aliphatic rings. The molecule has 0 aliphatic heterocycles. The van der Waals surface area contributed by atoms with E-state index in [0.29, 0.717) is 5.56 Å². The highest BCUT2D eigenvalue weighted by molar-refractivity contribution is 5.79. The van der Waals surface area contributed by atoms with Crippen LogP contribution in [0.4, 0.5) is 4.79 Å². The Hall–Kier alpha value is -3.19. The van der Waals surface area contributed by atoms with Crippen LogP contribution in [0.5, 0.6) is 0 Å². The molecule has 1 amide bonds. The van der Waals surface area contributed by atoms with Gasteiger partial charge in [-0.25, -0.2) is 4.79 Å². The molecule has 4 rings (SSSR count). The highest BCUT2D eigenvalue weighted by Crippen LogP contribution is 2.44. The van der Waals surface area contributed by atoms with E-state index in [-0.39, 0.29) is 19.1 Å². The van der Waals surface area contributed by atoms with E-state index in [1.54, 1.807) is 24.3 Å². The second-order valence-corrected chi connectivity index (χ2v) is 7.77. The number of benzene rings is 3. The van der Waals surface area contributed by atoms with E-state index in [4.69, 9.17) is 14.2 Å². The van der Waals surface area contributed by atoms with Gasteiger partial charge in [0.1, 0.15) is 6.61 Å². The van der Waals surface area contributed by atoms with Crippen molar-refractivity contribution in [3.63, 3.8) is 0 Å². The van der Waals surface area contributed by atoms with Crippen molar-refractivity contribution in [1.82, 2.24) is 5.32 Å². The van der Waals surface area contributed by atoms with E-state index in [0.717, 1.165) is 11.1 Å². The maximum Gasteiger partial charge on any atom is 0.407 e. The number of fused-ring (bicyclic) bond motifs is 3. The molecule has 1 aliphatic carbocycles. The van der Waals surface area contributed by atoms with Crippen molar-refractivity contribution in [1.29, 1.82) is 0 Å². The van der Waals surface area contributed by atoms with E-state index in [1.165, 1.54) is 25.3 Å². The Morgan fingerprint density at radius 1 is 0.906 bits per heavy atom. The summed E-state index contributed by atoms with van der Waals surface area (Å²) in [5.41, 5.74) is 3.59. The first kappa shape index (κ1) is 22.0. The van der Waals surface area contributed by atoms with Crippen LogP contribution in [0, 0.1) is 0 Å². The molecule has 0 bridgehead atoms. The Bertz CT molecular complexity index is 1020. The number of ether oxygens (including phenoxy) is 3. The van der Waals surface area contributed by atoms with Crippen LogP contribution in [-0.4, -0.2) is 44.9 Å². The number of amides is 1. The summed E-state index contributed by atoms with van der Waals surface area (Å²) in [7, 11) is 2.88. The quantitative estimate of drug-likeness (QED) is 0.525. The van der Waals surface area contributed by atoms with Crippen molar-refractivity contribution in [3.8, 4) is 11.1 Å². The fourth-order valence-electron chi connectivity index (χ4n) is 4.39. The topological polar surface area (TPSA) is 77.0 Å². The van der Waals surface area contributed by atoms with E-state index in [9.17, 15) is 9.90 Å². The van der Waals surface area contributed by atoms with Crippen molar-refractivity contribution in [2.75, 3.05) is 27.4 Å². The fourth-order valence-corrected chi connectivity index (χ4v) is 4.39. The summed E-state index contributed by atoms with van der Waals surface area (Å²) >= 11 is 0. The van der Waals surface area contributed by atoms with Gasteiger partial charge in [0.25, 0.3) is 0 Å². The summed E-state index contributed by atoms with van der Waals surface area (Å²) in [6.07, 6.45) is -1.59. The lowest BCUT2D eigenvalue weighted by molar-refractivity contribution is -0.218. The second-order valence-electron chi connectivity index (χ2n) is 7.77. The van der Waals surface area contributed by atoms with Crippen molar-refractivity contribution in [2.45, 2.75) is 17.8 Å². The minimum Gasteiger partial charge on any atom is -0.449 e. The number of aliphatic hydroxyl groups is 1. The highest BCUT2D eigenvalue weighted by Gasteiger charge is 2.40. The van der Waals surface area contributed by atoms with Gasteiger partial charge in [-0.15, -0.1) is 0 Å². The molecule has 0 heterocycles. The first-order chi connectivity index (χ1) is 15.6. The predicted octanol–water partition coefficient (Wildman–Crippen LogP) is 4.03. The molecule has 6 heteroatoms. The summed E-state index contributed by atoms with van der Waals surface area (Å²) < 4.78 is 16.2. The Kier molecular flexibility index (Phi) is 6.55. The summed E-state index contributed by atoms with van der Waals surface area (Å²) in [5, 5.41) is 14.0. The largest absolute Gasteiger partial charge is 0.449 e. The third-order valence-corrected chi connectivity index (χ3v) is 5.94. The van der Waals surface area contributed by atoms with E-state index < -0.39 is 18.0 Å². The van der Waals surface area contributed by atoms with Crippen LogP contribution in [0.3, 0.4) is 0 Å². The average Bonchev–Trinajstić information content (AvgIpc) is 3.16. The van der Waals surface area contributed by atoms with Crippen molar-refractivity contribution >= 4 is 6.09 Å². The first-order valence-electron chi connectivity index (χ1n) is 10.5. The number of carbonyl (C=O) groups is 1. The molecule has 0 saturated heterocycles. The highest BCUT2D eigenvalue weighted by atomic mass is 16.7. The maximum atomic E-state index is 12.6. The summed E-state index contributed by atoms with van der Waals surface area (Å²) in [5.74, 6) is -0.0353. The van der Waals surface area contributed by atoms with Crippen LogP contribution in [-0.2, 0) is 19.8 Å². The Morgan fingerprint density at radius 2 is 1.44 bits per heavy atom. The van der Waals surface area contributed by atoms with Gasteiger partial charge in [-0.2, -0.15) is 0 Å². The first-order valence-corrected chi connectivity index (χ1v) is 10.5. The zero-order valence-corrected chi connectivity index (χ0v) is 18.2. The molecule has 166 valence electrons. The minimum atomic E-state index is -1.59. The van der Waals surface area contributed by atoms with Gasteiger partial charge in [0.05, 0.1) is 6.54 Å². The second kappa shape index (κ2) is 9.53. The van der Waals surface area contributed by atoms with Crippen molar-refractivity contribution in [2.24, 2.45) is 0 Å². The maximum absolute atomic E-state index is 12.6. The number of nitrogens with one attached hydrogen (secondary N) is 1. The van der Waals surface area contributed by atoms with Gasteiger partial charge >= 0.3 is 6.09 Å². The number of hydrogen-bond acceptors (Lipinski definition) is 5. The van der Waals surface area contributed by atoms with Crippen LogP contribution >= 0.6 is 0 Å². The minimum absolute atomic E-state index is 0.0353. The zero-order valence-electron chi connectivity index (χ0n) is 18.2. The molecule has 3 aromatic carbocycles. The zero-order chi connectivity index (χ0) is 22.6. The summed E-state index contributed by atoms with van der Waals surface area (Å²) in [6, 6.07) is 25.3. The van der Waals surface area contributed by atoms with Crippen LogP contribution in [0.25, 0.3) is 11.1 Å². The van der Waals surface area contributed by atoms with Gasteiger partial charge in [-0.3, -0.25) is 0 Å². The third kappa shape index (κ3) is 4.12. The van der Waals surface area contributed by atoms with Gasteiger partial charge in [0.2, 0.25) is 0 Å². The lowest BCUT2D eigenvalue weighted by Gasteiger charge is -2.34. The number of rotatable bonds is 8. The van der Waals surface area contributed by atoms with E-state index in [1.807, 2.05) is 30.3 Å². The van der Waals surface area contributed by atoms with Crippen LogP contribution in [0.15, 0.2) is 78.9 Å². The molecule has 1 atom stereocenters. The smallest absolute Gasteiger partial charge is 0.407 e. The van der Waals surface area contributed by atoms with Crippen molar-refractivity contribution < 1.29 is 24.1 Å². The molecular weight excluding hydrogens is 406 g/mol. The number of methoxy groups -OCH3 is 2. The van der Waals surface area contributed by atoms with Gasteiger partial charge in [0.15, 0.2) is 11.9 Å².